The molecule has 5 nitrogen and oxygen atoms in total. The van der Waals surface area contributed by atoms with E-state index in [1.165, 1.54) is 14.2 Å². The maximum Gasteiger partial charge on any atom is 0.357 e. The van der Waals surface area contributed by atoms with Crippen LogP contribution < -0.4 is 0 Å². The monoisotopic (exact) mass is 447 g/mol. The Morgan fingerprint density at radius 3 is 1.75 bits per heavy atom. The summed E-state index contributed by atoms with van der Waals surface area (Å²) in [6.45, 7) is 0. The fraction of sp³-hybridized carbons (Fsp3) is 0.222. The van der Waals surface area contributed by atoms with Crippen molar-refractivity contribution in [3.63, 3.8) is 0 Å². The molecule has 16 heavy (non-hydrogen) atoms. The second kappa shape index (κ2) is 5.75. The van der Waals surface area contributed by atoms with Gasteiger partial charge in [-0.25, -0.2) is 14.6 Å². The minimum atomic E-state index is -0.578. The Morgan fingerprint density at radius 1 is 1.06 bits per heavy atom. The zero-order valence-corrected chi connectivity index (χ0v) is 12.7. The van der Waals surface area contributed by atoms with E-state index in [9.17, 15) is 9.59 Å². The van der Waals surface area contributed by atoms with Crippen LogP contribution in [0.1, 0.15) is 21.0 Å². The summed E-state index contributed by atoms with van der Waals surface area (Å²) < 4.78 is 10.4. The van der Waals surface area contributed by atoms with Crippen LogP contribution in [0.25, 0.3) is 0 Å². The summed E-state index contributed by atoms with van der Waals surface area (Å²) in [7, 11) is 2.52. The Labute approximate surface area is 119 Å². The molecule has 7 heteroatoms. The number of carbonyl (C=O) groups excluding carboxylic acids is 2. The van der Waals surface area contributed by atoms with Crippen LogP contribution in [0.15, 0.2) is 6.07 Å². The second-order valence-corrected chi connectivity index (χ2v) is 4.96. The highest BCUT2D eigenvalue weighted by atomic mass is 127. The van der Waals surface area contributed by atoms with E-state index in [2.05, 4.69) is 14.5 Å². The Kier molecular flexibility index (Phi) is 4.89. The molecule has 0 atom stereocenters. The smallest absolute Gasteiger partial charge is 0.357 e. The lowest BCUT2D eigenvalue weighted by Gasteiger charge is -2.06. The third-order valence-electron chi connectivity index (χ3n) is 1.69. The number of nitrogens with zero attached hydrogens (tertiary/aromatic N) is 1. The number of carbonyl (C=O) groups is 2. The quantitative estimate of drug-likeness (QED) is 0.512. The van der Waals surface area contributed by atoms with Gasteiger partial charge in [0.05, 0.1) is 14.2 Å². The maximum atomic E-state index is 11.4. The molecule has 0 saturated heterocycles. The van der Waals surface area contributed by atoms with Gasteiger partial charge < -0.3 is 9.47 Å². The fourth-order valence-electron chi connectivity index (χ4n) is 0.946. The minimum absolute atomic E-state index is 0.115. The first-order valence-electron chi connectivity index (χ1n) is 4.04. The van der Waals surface area contributed by atoms with Gasteiger partial charge in [0.25, 0.3) is 0 Å². The van der Waals surface area contributed by atoms with Crippen LogP contribution in [0.3, 0.4) is 0 Å². The van der Waals surface area contributed by atoms with Crippen LogP contribution in [-0.4, -0.2) is 31.1 Å². The van der Waals surface area contributed by atoms with E-state index in [0.717, 1.165) is 0 Å². The van der Waals surface area contributed by atoms with E-state index in [0.29, 0.717) is 7.14 Å². The predicted octanol–water partition coefficient (Wildman–Crippen LogP) is 1.86. The number of methoxy groups -OCH3 is 2. The van der Waals surface area contributed by atoms with Gasteiger partial charge in [0.1, 0.15) is 0 Å². The summed E-state index contributed by atoms with van der Waals surface area (Å²) >= 11 is 3.91. The number of rotatable bonds is 2. The number of pyridine rings is 1. The first-order valence-corrected chi connectivity index (χ1v) is 6.19. The second-order valence-electron chi connectivity index (χ2n) is 2.63. The Balaban J connectivity index is 3.32. The number of hydrogen-bond donors (Lipinski definition) is 0. The molecule has 0 bridgehead atoms. The largest absolute Gasteiger partial charge is 0.464 e. The maximum absolute atomic E-state index is 11.4. The van der Waals surface area contributed by atoms with Gasteiger partial charge in [-0.15, -0.1) is 0 Å². The molecule has 0 radical (unpaired) electrons. The van der Waals surface area contributed by atoms with Crippen molar-refractivity contribution in [2.45, 2.75) is 0 Å². The van der Waals surface area contributed by atoms with Crippen LogP contribution in [-0.2, 0) is 9.47 Å². The average Bonchev–Trinajstić information content (AvgIpc) is 2.27. The van der Waals surface area contributed by atoms with Crippen molar-refractivity contribution < 1.29 is 19.1 Å². The summed E-state index contributed by atoms with van der Waals surface area (Å²) in [4.78, 5) is 26.7. The minimum Gasteiger partial charge on any atom is -0.464 e. The molecule has 0 aliphatic rings. The summed E-state index contributed by atoms with van der Waals surface area (Å²) in [5.74, 6) is -1.16. The van der Waals surface area contributed by atoms with Crippen LogP contribution in [0.4, 0.5) is 0 Å². The van der Waals surface area contributed by atoms with Crippen molar-refractivity contribution in [3.8, 4) is 0 Å². The van der Waals surface area contributed by atoms with Gasteiger partial charge in [0, 0.05) is 7.14 Å². The van der Waals surface area contributed by atoms with Crippen LogP contribution >= 0.6 is 45.2 Å². The predicted molar refractivity (Wildman–Crippen MR) is 72.4 cm³/mol. The summed E-state index contributed by atoms with van der Waals surface area (Å²) in [6, 6.07) is 1.67. The molecule has 0 aliphatic heterocycles. The molecule has 1 rings (SSSR count). The SMILES string of the molecule is COC(=O)c1nc(C(=O)OC)c(I)cc1I. The highest BCUT2D eigenvalue weighted by Gasteiger charge is 2.20. The van der Waals surface area contributed by atoms with E-state index in [-0.39, 0.29) is 11.4 Å². The fourth-order valence-corrected chi connectivity index (χ4v) is 2.85. The first-order chi connectivity index (χ1) is 7.51. The lowest BCUT2D eigenvalue weighted by molar-refractivity contribution is 0.0584. The molecule has 0 amide bonds. The number of hydrogen-bond acceptors (Lipinski definition) is 5. The van der Waals surface area contributed by atoms with Crippen molar-refractivity contribution >= 4 is 57.1 Å². The normalized spacial score (nSPS) is 9.75. The zero-order valence-electron chi connectivity index (χ0n) is 8.41. The topological polar surface area (TPSA) is 65.5 Å². The highest BCUT2D eigenvalue weighted by Crippen LogP contribution is 2.18. The number of esters is 2. The van der Waals surface area contributed by atoms with Gasteiger partial charge in [0.2, 0.25) is 0 Å². The third kappa shape index (κ3) is 2.81. The van der Waals surface area contributed by atoms with Crippen LogP contribution in [0, 0.1) is 7.14 Å². The summed E-state index contributed by atoms with van der Waals surface area (Å²) in [5.41, 5.74) is 0.229. The molecule has 0 aromatic carbocycles. The van der Waals surface area contributed by atoms with E-state index >= 15 is 0 Å². The zero-order chi connectivity index (χ0) is 12.3. The van der Waals surface area contributed by atoms with Gasteiger partial charge >= 0.3 is 11.9 Å². The van der Waals surface area contributed by atoms with E-state index in [1.54, 1.807) is 6.07 Å². The van der Waals surface area contributed by atoms with Gasteiger partial charge in [0.15, 0.2) is 11.4 Å². The summed E-state index contributed by atoms with van der Waals surface area (Å²) in [6.07, 6.45) is 0. The molecule has 0 fully saturated rings. The highest BCUT2D eigenvalue weighted by molar-refractivity contribution is 14.1. The molecule has 86 valence electrons. The molecule has 1 aromatic heterocycles. The average molecular weight is 447 g/mol. The van der Waals surface area contributed by atoms with Gasteiger partial charge in [-0.3, -0.25) is 0 Å². The van der Waals surface area contributed by atoms with E-state index < -0.39 is 11.9 Å². The van der Waals surface area contributed by atoms with Crippen molar-refractivity contribution in [2.75, 3.05) is 14.2 Å². The van der Waals surface area contributed by atoms with Crippen molar-refractivity contribution in [1.29, 1.82) is 0 Å². The van der Waals surface area contributed by atoms with Gasteiger partial charge in [-0.1, -0.05) is 0 Å². The van der Waals surface area contributed by atoms with Gasteiger partial charge in [-0.05, 0) is 51.2 Å². The van der Waals surface area contributed by atoms with Crippen molar-refractivity contribution in [1.82, 2.24) is 4.98 Å². The number of halogens is 2. The molecular formula is C9H7I2NO4. The lowest BCUT2D eigenvalue weighted by atomic mass is 10.3. The molecule has 0 saturated carbocycles. The number of ether oxygens (including phenoxy) is 2. The first kappa shape index (κ1) is 13.6. The lowest BCUT2D eigenvalue weighted by Crippen LogP contribution is -2.14. The Hall–Kier alpha value is -0.450. The standard InChI is InChI=1S/C9H7I2NO4/c1-15-8(13)6-4(10)3-5(11)7(12-6)9(14)16-2/h3H,1-2H3. The third-order valence-corrected chi connectivity index (χ3v) is 3.33. The van der Waals surface area contributed by atoms with Crippen molar-refractivity contribution in [3.05, 3.63) is 24.6 Å². The van der Waals surface area contributed by atoms with Gasteiger partial charge in [-0.2, -0.15) is 0 Å². The Morgan fingerprint density at radius 2 is 1.44 bits per heavy atom. The molecule has 1 heterocycles. The molecular weight excluding hydrogens is 440 g/mol. The molecule has 0 aliphatic carbocycles. The van der Waals surface area contributed by atoms with Crippen LogP contribution in [0.5, 0.6) is 0 Å². The number of aromatic nitrogens is 1. The molecule has 0 spiro atoms. The Bertz CT molecular complexity index is 410. The van der Waals surface area contributed by atoms with E-state index in [1.807, 2.05) is 45.2 Å². The van der Waals surface area contributed by atoms with E-state index in [4.69, 9.17) is 0 Å². The van der Waals surface area contributed by atoms with Crippen molar-refractivity contribution in [2.24, 2.45) is 0 Å². The molecule has 1 aromatic rings. The molecule has 0 N–H and O–H groups in total. The summed E-state index contributed by atoms with van der Waals surface area (Å²) in [5, 5.41) is 0. The molecule has 0 unspecified atom stereocenters. The van der Waals surface area contributed by atoms with Crippen LogP contribution in [0.2, 0.25) is 0 Å².